The molecular weight excluding hydrogens is 612 g/mol. The van der Waals surface area contributed by atoms with Gasteiger partial charge < -0.3 is 25.6 Å². The SMILES string of the molecule is CCC(=O)C1(OCc2ccccc2)C(NC(=O)C(CC)n2cc(OC)c(-c3cc(Cl)ccc3C#N)cc2=O)=CC=C(C(=O)O)[C@@H]1N. The topological polar surface area (TPSA) is 174 Å². The molecule has 0 aliphatic heterocycles. The van der Waals surface area contributed by atoms with E-state index in [1.807, 2.05) is 6.07 Å². The third-order valence-corrected chi connectivity index (χ3v) is 8.07. The number of rotatable bonds is 12. The number of carbonyl (C=O) groups is 3. The molecule has 1 aromatic heterocycles. The van der Waals surface area contributed by atoms with Crippen LogP contribution in [0.25, 0.3) is 11.1 Å². The molecule has 0 saturated carbocycles. The van der Waals surface area contributed by atoms with Crippen molar-refractivity contribution in [3.63, 3.8) is 0 Å². The maximum Gasteiger partial charge on any atom is 0.333 e. The first-order valence-electron chi connectivity index (χ1n) is 14.5. The van der Waals surface area contributed by atoms with Gasteiger partial charge in [0.05, 0.1) is 48.9 Å². The second-order valence-corrected chi connectivity index (χ2v) is 10.9. The van der Waals surface area contributed by atoms with Crippen LogP contribution in [-0.4, -0.2) is 46.1 Å². The number of aliphatic carboxylic acids is 1. The number of allylic oxidation sites excluding steroid dienone is 2. The predicted molar refractivity (Wildman–Crippen MR) is 171 cm³/mol. The summed E-state index contributed by atoms with van der Waals surface area (Å²) in [6, 6.07) is 14.3. The molecule has 0 bridgehead atoms. The number of carboxylic acids is 1. The molecule has 1 heterocycles. The molecule has 4 N–H and O–H groups in total. The van der Waals surface area contributed by atoms with Crippen molar-refractivity contribution in [2.75, 3.05) is 7.11 Å². The lowest BCUT2D eigenvalue weighted by atomic mass is 9.77. The number of nitriles is 1. The zero-order valence-electron chi connectivity index (χ0n) is 25.5. The Balaban J connectivity index is 1.77. The third kappa shape index (κ3) is 6.50. The lowest BCUT2D eigenvalue weighted by Crippen LogP contribution is -2.62. The molecule has 0 fully saturated rings. The minimum Gasteiger partial charge on any atom is -0.495 e. The number of hydrogen-bond acceptors (Lipinski definition) is 8. The van der Waals surface area contributed by atoms with Crippen LogP contribution < -0.4 is 21.3 Å². The normalized spacial score (nSPS) is 18.0. The van der Waals surface area contributed by atoms with Crippen LogP contribution >= 0.6 is 11.6 Å². The standard InChI is InChI=1S/C34H33ClN4O7/c1-4-26(39-18-27(45-3)25(16-30(39)41)24-15-22(35)12-11-21(24)17-36)32(42)38-28-14-13-23(33(43)44)31(37)34(28,29(40)5-2)46-19-20-9-7-6-8-10-20/h6-16,18,26,31H,4-5,19,37H2,1-3H3,(H,38,42)(H,43,44)/t26?,31-,34?/m0/s1. The van der Waals surface area contributed by atoms with Crippen LogP contribution in [0.2, 0.25) is 5.02 Å². The van der Waals surface area contributed by atoms with E-state index in [2.05, 4.69) is 11.4 Å². The summed E-state index contributed by atoms with van der Waals surface area (Å²) in [5, 5.41) is 22.6. The van der Waals surface area contributed by atoms with E-state index in [9.17, 15) is 29.5 Å². The van der Waals surface area contributed by atoms with Crippen LogP contribution in [0.5, 0.6) is 5.75 Å². The quantitative estimate of drug-likeness (QED) is 0.260. The van der Waals surface area contributed by atoms with E-state index in [-0.39, 0.29) is 42.0 Å². The van der Waals surface area contributed by atoms with Crippen LogP contribution in [0.1, 0.15) is 43.9 Å². The van der Waals surface area contributed by atoms with Gasteiger partial charge in [0.25, 0.3) is 5.56 Å². The molecule has 3 aromatic rings. The number of halogens is 1. The van der Waals surface area contributed by atoms with Gasteiger partial charge >= 0.3 is 5.97 Å². The van der Waals surface area contributed by atoms with Crippen LogP contribution in [0.3, 0.4) is 0 Å². The largest absolute Gasteiger partial charge is 0.495 e. The summed E-state index contributed by atoms with van der Waals surface area (Å²) in [5.41, 5.74) is 5.19. The summed E-state index contributed by atoms with van der Waals surface area (Å²) < 4.78 is 12.9. The maximum atomic E-state index is 13.9. The highest BCUT2D eigenvalue weighted by molar-refractivity contribution is 6.31. The lowest BCUT2D eigenvalue weighted by molar-refractivity contribution is -0.145. The number of methoxy groups -OCH3 is 1. The van der Waals surface area contributed by atoms with Crippen molar-refractivity contribution in [3.8, 4) is 22.9 Å². The van der Waals surface area contributed by atoms with Gasteiger partial charge in [0.15, 0.2) is 11.4 Å². The molecule has 1 aliphatic rings. The van der Waals surface area contributed by atoms with Crippen LogP contribution in [0.15, 0.2) is 89.0 Å². The molecule has 46 heavy (non-hydrogen) atoms. The minimum atomic E-state index is -2.05. The molecule has 2 aromatic carbocycles. The Bertz CT molecular complexity index is 1830. The first-order valence-corrected chi connectivity index (χ1v) is 14.8. The number of aromatic nitrogens is 1. The number of hydrogen-bond donors (Lipinski definition) is 3. The molecule has 0 radical (unpaired) electrons. The van der Waals surface area contributed by atoms with Crippen molar-refractivity contribution < 1.29 is 29.0 Å². The number of amides is 1. The fourth-order valence-corrected chi connectivity index (χ4v) is 5.61. The van der Waals surface area contributed by atoms with Gasteiger partial charge in [-0.15, -0.1) is 0 Å². The van der Waals surface area contributed by atoms with Crippen LogP contribution in [0, 0.1) is 11.3 Å². The fraction of sp³-hybridized carbons (Fsp3) is 0.265. The molecule has 238 valence electrons. The summed E-state index contributed by atoms with van der Waals surface area (Å²) in [6.45, 7) is 3.17. The highest BCUT2D eigenvalue weighted by atomic mass is 35.5. The molecule has 2 unspecified atom stereocenters. The Hall–Kier alpha value is -5.02. The van der Waals surface area contributed by atoms with E-state index in [0.717, 1.165) is 0 Å². The van der Waals surface area contributed by atoms with Crippen LogP contribution in [0.4, 0.5) is 0 Å². The van der Waals surface area contributed by atoms with E-state index in [4.69, 9.17) is 26.8 Å². The fourth-order valence-electron chi connectivity index (χ4n) is 5.44. The van der Waals surface area contributed by atoms with Gasteiger partial charge in [-0.3, -0.25) is 19.0 Å². The highest BCUT2D eigenvalue weighted by Crippen LogP contribution is 2.36. The van der Waals surface area contributed by atoms with Crippen molar-refractivity contribution in [3.05, 3.63) is 111 Å². The average molecular weight is 645 g/mol. The lowest BCUT2D eigenvalue weighted by Gasteiger charge is -2.41. The number of nitrogens with zero attached hydrogens (tertiary/aromatic N) is 2. The highest BCUT2D eigenvalue weighted by Gasteiger charge is 2.52. The van der Waals surface area contributed by atoms with Crippen molar-refractivity contribution in [1.29, 1.82) is 5.26 Å². The van der Waals surface area contributed by atoms with Gasteiger partial charge in [-0.05, 0) is 42.3 Å². The van der Waals surface area contributed by atoms with E-state index >= 15 is 0 Å². The first-order chi connectivity index (χ1) is 22.0. The summed E-state index contributed by atoms with van der Waals surface area (Å²) >= 11 is 6.18. The molecule has 0 saturated heterocycles. The second kappa shape index (κ2) is 14.4. The minimum absolute atomic E-state index is 0.0505. The average Bonchev–Trinajstić information content (AvgIpc) is 3.05. The second-order valence-electron chi connectivity index (χ2n) is 10.5. The summed E-state index contributed by atoms with van der Waals surface area (Å²) in [6.07, 6.45) is 3.95. The number of carbonyl (C=O) groups excluding carboxylic acids is 2. The summed E-state index contributed by atoms with van der Waals surface area (Å²) in [7, 11) is 1.39. The smallest absolute Gasteiger partial charge is 0.333 e. The third-order valence-electron chi connectivity index (χ3n) is 7.83. The predicted octanol–water partition coefficient (Wildman–Crippen LogP) is 4.29. The number of Topliss-reactive ketones (excluding diaryl/α,β-unsaturated/α-hetero) is 1. The van der Waals surface area contributed by atoms with Gasteiger partial charge in [-0.1, -0.05) is 55.8 Å². The zero-order chi connectivity index (χ0) is 33.6. The number of carboxylic acid groups (broad SMARTS) is 1. The molecule has 0 spiro atoms. The molecule has 1 amide bonds. The Morgan fingerprint density at radius 2 is 1.85 bits per heavy atom. The van der Waals surface area contributed by atoms with Gasteiger partial charge in [0, 0.05) is 28.6 Å². The number of ether oxygens (including phenoxy) is 2. The van der Waals surface area contributed by atoms with Crippen molar-refractivity contribution >= 4 is 29.3 Å². The Labute approximate surface area is 270 Å². The van der Waals surface area contributed by atoms with Crippen molar-refractivity contribution in [1.82, 2.24) is 9.88 Å². The molecule has 1 aliphatic carbocycles. The number of ketones is 1. The molecule has 11 nitrogen and oxygen atoms in total. The number of pyridine rings is 1. The Kier molecular flexibility index (Phi) is 10.6. The Morgan fingerprint density at radius 1 is 1.13 bits per heavy atom. The maximum absolute atomic E-state index is 13.9. The molecule has 4 rings (SSSR count). The summed E-state index contributed by atoms with van der Waals surface area (Å²) in [4.78, 5) is 53.2. The molecular formula is C34H33ClN4O7. The van der Waals surface area contributed by atoms with Gasteiger partial charge in [-0.2, -0.15) is 5.26 Å². The monoisotopic (exact) mass is 644 g/mol. The number of benzene rings is 2. The Morgan fingerprint density at radius 3 is 2.46 bits per heavy atom. The van der Waals surface area contributed by atoms with Crippen molar-refractivity contribution in [2.45, 2.75) is 51.0 Å². The van der Waals surface area contributed by atoms with Gasteiger partial charge in [0.2, 0.25) is 5.91 Å². The van der Waals surface area contributed by atoms with Crippen molar-refractivity contribution in [2.24, 2.45) is 5.73 Å². The van der Waals surface area contributed by atoms with Crippen LogP contribution in [-0.2, 0) is 25.7 Å². The number of nitrogens with two attached hydrogens (primary N) is 1. The molecule has 3 atom stereocenters. The molecule has 12 heteroatoms. The van der Waals surface area contributed by atoms with E-state index in [1.54, 1.807) is 50.2 Å². The van der Waals surface area contributed by atoms with E-state index < -0.39 is 40.9 Å². The van der Waals surface area contributed by atoms with Gasteiger partial charge in [-0.25, -0.2) is 4.79 Å². The zero-order valence-corrected chi connectivity index (χ0v) is 26.2. The van der Waals surface area contributed by atoms with Gasteiger partial charge in [0.1, 0.15) is 11.8 Å². The number of nitrogens with one attached hydrogen (secondary N) is 1. The van der Waals surface area contributed by atoms with E-state index in [1.165, 1.54) is 42.2 Å². The van der Waals surface area contributed by atoms with E-state index in [0.29, 0.717) is 21.7 Å². The first kappa shape index (κ1) is 33.9. The summed E-state index contributed by atoms with van der Waals surface area (Å²) in [5.74, 6) is -2.35.